The predicted octanol–water partition coefficient (Wildman–Crippen LogP) is 3.67. The van der Waals surface area contributed by atoms with E-state index in [-0.39, 0.29) is 29.5 Å². The van der Waals surface area contributed by atoms with E-state index in [0.717, 1.165) is 25.7 Å². The van der Waals surface area contributed by atoms with Gasteiger partial charge in [0, 0.05) is 11.6 Å². The smallest absolute Gasteiger partial charge is 0.296 e. The lowest BCUT2D eigenvalue weighted by atomic mass is 9.77. The van der Waals surface area contributed by atoms with Gasteiger partial charge < -0.3 is 18.9 Å². The van der Waals surface area contributed by atoms with Crippen LogP contribution in [0.3, 0.4) is 0 Å². The molecule has 5 rings (SSSR count). The summed E-state index contributed by atoms with van der Waals surface area (Å²) in [6.45, 7) is 0. The van der Waals surface area contributed by atoms with E-state index in [2.05, 4.69) is 4.98 Å². The monoisotopic (exact) mass is 456 g/mol. The summed E-state index contributed by atoms with van der Waals surface area (Å²) in [6.07, 6.45) is 4.94. The lowest BCUT2D eigenvalue weighted by molar-refractivity contribution is -0.131. The largest absolute Gasteiger partial charge is 0.493 e. The van der Waals surface area contributed by atoms with Crippen molar-refractivity contribution in [3.8, 4) is 17.2 Å². The summed E-state index contributed by atoms with van der Waals surface area (Å²) in [5.74, 6) is 0.900. The molecular formula is C23H24N2O6S. The quantitative estimate of drug-likeness (QED) is 0.678. The van der Waals surface area contributed by atoms with Crippen LogP contribution in [-0.4, -0.2) is 44.1 Å². The first-order valence-corrected chi connectivity index (χ1v) is 11.4. The van der Waals surface area contributed by atoms with Crippen LogP contribution in [-0.2, 0) is 14.3 Å². The summed E-state index contributed by atoms with van der Waals surface area (Å²) in [5.41, 5.74) is 1.06. The van der Waals surface area contributed by atoms with Gasteiger partial charge in [-0.2, -0.15) is 0 Å². The second-order valence-corrected chi connectivity index (χ2v) is 8.88. The maximum absolute atomic E-state index is 13.7. The topological polar surface area (TPSA) is 87.2 Å². The van der Waals surface area contributed by atoms with Crippen molar-refractivity contribution in [3.05, 3.63) is 40.6 Å². The van der Waals surface area contributed by atoms with Crippen LogP contribution >= 0.6 is 11.3 Å². The molecule has 168 valence electrons. The van der Waals surface area contributed by atoms with Gasteiger partial charge in [-0.3, -0.25) is 14.5 Å². The van der Waals surface area contributed by atoms with Gasteiger partial charge in [-0.25, -0.2) is 4.98 Å². The van der Waals surface area contributed by atoms with Gasteiger partial charge in [0.05, 0.1) is 38.9 Å². The van der Waals surface area contributed by atoms with Crippen LogP contribution in [0.5, 0.6) is 17.2 Å². The lowest BCUT2D eigenvalue weighted by Gasteiger charge is -2.35. The molecule has 3 heterocycles. The van der Waals surface area contributed by atoms with Gasteiger partial charge in [0.25, 0.3) is 5.91 Å². The van der Waals surface area contributed by atoms with Gasteiger partial charge in [-0.15, -0.1) is 11.3 Å². The molecule has 1 aliphatic carbocycles. The van der Waals surface area contributed by atoms with Crippen LogP contribution in [0.1, 0.15) is 37.3 Å². The van der Waals surface area contributed by atoms with Crippen molar-refractivity contribution in [2.45, 2.75) is 37.8 Å². The predicted molar refractivity (Wildman–Crippen MR) is 117 cm³/mol. The highest BCUT2D eigenvalue weighted by atomic mass is 32.1. The highest BCUT2D eigenvalue weighted by molar-refractivity contribution is 7.13. The van der Waals surface area contributed by atoms with Crippen molar-refractivity contribution >= 4 is 28.2 Å². The number of fused-ring (bicyclic) bond motifs is 1. The molecule has 1 fully saturated rings. The van der Waals surface area contributed by atoms with Crippen molar-refractivity contribution in [1.82, 2.24) is 4.98 Å². The summed E-state index contributed by atoms with van der Waals surface area (Å²) in [5, 5.41) is 2.30. The number of carbonyl (C=O) groups excluding carboxylic acids is 2. The second-order valence-electron chi connectivity index (χ2n) is 8.01. The second kappa shape index (κ2) is 8.12. The standard InChI is InChI=1S/C23H24N2O6S/c1-28-15-10-12(11-16(29-2)20(15)30-3)18-17-19(26)13-6-4-5-7-14(13)31-21(17)22(27)25(18)23-24-8-9-32-23/h8-11,13-14,18H,4-7H2,1-3H3. The van der Waals surface area contributed by atoms with Gasteiger partial charge in [0.15, 0.2) is 28.2 Å². The van der Waals surface area contributed by atoms with Gasteiger partial charge >= 0.3 is 0 Å². The molecule has 3 unspecified atom stereocenters. The fraction of sp³-hybridized carbons (Fsp3) is 0.435. The minimum absolute atomic E-state index is 0.0119. The fourth-order valence-electron chi connectivity index (χ4n) is 4.95. The number of aromatic nitrogens is 1. The van der Waals surface area contributed by atoms with Crippen LogP contribution in [0.2, 0.25) is 0 Å². The molecule has 0 radical (unpaired) electrons. The van der Waals surface area contributed by atoms with E-state index in [0.29, 0.717) is 33.5 Å². The Bertz CT molecular complexity index is 1070. The SMILES string of the molecule is COc1cc(C2C3=C(OC4CCCCC4C3=O)C(=O)N2c2nccs2)cc(OC)c1OC. The van der Waals surface area contributed by atoms with Crippen molar-refractivity contribution in [2.75, 3.05) is 26.2 Å². The minimum Gasteiger partial charge on any atom is -0.493 e. The third kappa shape index (κ3) is 3.06. The highest BCUT2D eigenvalue weighted by Crippen LogP contribution is 2.50. The number of rotatable bonds is 5. The summed E-state index contributed by atoms with van der Waals surface area (Å²) < 4.78 is 22.7. The van der Waals surface area contributed by atoms with Gasteiger partial charge in [-0.1, -0.05) is 6.42 Å². The summed E-state index contributed by atoms with van der Waals surface area (Å²) in [4.78, 5) is 33.1. The Hall–Kier alpha value is -3.07. The molecule has 1 aromatic carbocycles. The molecule has 32 heavy (non-hydrogen) atoms. The number of Topliss-reactive ketones (excluding diaryl/α,β-unsaturated/α-hetero) is 1. The molecule has 1 saturated carbocycles. The molecule has 2 aliphatic heterocycles. The maximum Gasteiger partial charge on any atom is 0.296 e. The van der Waals surface area contributed by atoms with Gasteiger partial charge in [-0.05, 0) is 37.0 Å². The van der Waals surface area contributed by atoms with Crippen molar-refractivity contribution in [2.24, 2.45) is 5.92 Å². The van der Waals surface area contributed by atoms with E-state index in [1.54, 1.807) is 28.6 Å². The molecule has 3 aliphatic rings. The van der Waals surface area contributed by atoms with Gasteiger partial charge in [0.1, 0.15) is 6.10 Å². The zero-order valence-corrected chi connectivity index (χ0v) is 18.9. The number of ketones is 1. The van der Waals surface area contributed by atoms with Crippen LogP contribution in [0.4, 0.5) is 5.13 Å². The normalized spacial score (nSPS) is 24.7. The van der Waals surface area contributed by atoms with Crippen LogP contribution in [0.15, 0.2) is 35.0 Å². The third-order valence-electron chi connectivity index (χ3n) is 6.39. The van der Waals surface area contributed by atoms with E-state index in [4.69, 9.17) is 18.9 Å². The van der Waals surface area contributed by atoms with Crippen LogP contribution in [0.25, 0.3) is 0 Å². The first-order chi connectivity index (χ1) is 15.6. The van der Waals surface area contributed by atoms with E-state index in [1.165, 1.54) is 32.7 Å². The number of ether oxygens (including phenoxy) is 4. The Morgan fingerprint density at radius 2 is 1.78 bits per heavy atom. The van der Waals surface area contributed by atoms with Crippen molar-refractivity contribution in [1.29, 1.82) is 0 Å². The first-order valence-electron chi connectivity index (χ1n) is 10.6. The number of methoxy groups -OCH3 is 3. The molecule has 0 saturated heterocycles. The van der Waals surface area contributed by atoms with E-state index >= 15 is 0 Å². The molecule has 9 heteroatoms. The zero-order valence-electron chi connectivity index (χ0n) is 18.1. The van der Waals surface area contributed by atoms with Gasteiger partial charge in [0.2, 0.25) is 5.75 Å². The third-order valence-corrected chi connectivity index (χ3v) is 7.16. The minimum atomic E-state index is -0.687. The van der Waals surface area contributed by atoms with Crippen molar-refractivity contribution in [3.63, 3.8) is 0 Å². The van der Waals surface area contributed by atoms with Crippen molar-refractivity contribution < 1.29 is 28.5 Å². The van der Waals surface area contributed by atoms with E-state index < -0.39 is 6.04 Å². The molecule has 0 N–H and O–H groups in total. The average Bonchev–Trinajstić information content (AvgIpc) is 3.45. The summed E-state index contributed by atoms with van der Waals surface area (Å²) in [6, 6.07) is 2.86. The summed E-state index contributed by atoms with van der Waals surface area (Å²) >= 11 is 1.34. The number of benzene rings is 1. The zero-order chi connectivity index (χ0) is 22.4. The number of hydrogen-bond acceptors (Lipinski definition) is 8. The number of amides is 1. The number of carbonyl (C=O) groups is 2. The average molecular weight is 457 g/mol. The Morgan fingerprint density at radius 1 is 1.06 bits per heavy atom. The van der Waals surface area contributed by atoms with E-state index in [1.807, 2.05) is 0 Å². The Kier molecular flexibility index (Phi) is 5.28. The Morgan fingerprint density at radius 3 is 2.41 bits per heavy atom. The number of anilines is 1. The number of hydrogen-bond donors (Lipinski definition) is 0. The van der Waals surface area contributed by atoms with Crippen LogP contribution in [0, 0.1) is 5.92 Å². The Balaban J connectivity index is 1.69. The molecule has 1 aromatic heterocycles. The summed E-state index contributed by atoms with van der Waals surface area (Å²) in [7, 11) is 4.60. The molecule has 2 aromatic rings. The highest BCUT2D eigenvalue weighted by Gasteiger charge is 2.53. The molecule has 3 atom stereocenters. The molecule has 0 bridgehead atoms. The fourth-order valence-corrected chi connectivity index (χ4v) is 5.62. The molecule has 8 nitrogen and oxygen atoms in total. The molecule has 1 amide bonds. The number of nitrogens with zero attached hydrogens (tertiary/aromatic N) is 2. The molecular weight excluding hydrogens is 432 g/mol. The first kappa shape index (κ1) is 20.8. The molecule has 0 spiro atoms. The number of thiazole rings is 1. The lowest BCUT2D eigenvalue weighted by Crippen LogP contribution is -2.39. The van der Waals surface area contributed by atoms with Crippen LogP contribution < -0.4 is 19.1 Å². The van der Waals surface area contributed by atoms with E-state index in [9.17, 15) is 9.59 Å². The maximum atomic E-state index is 13.7. The Labute approximate surface area is 189 Å².